The first-order chi connectivity index (χ1) is 14.2. The summed E-state index contributed by atoms with van der Waals surface area (Å²) in [7, 11) is -2.02. The first-order valence-corrected chi connectivity index (χ1v) is 12.1. The van der Waals surface area contributed by atoms with Crippen molar-refractivity contribution in [3.8, 4) is 5.75 Å². The summed E-state index contributed by atoms with van der Waals surface area (Å²) in [6.45, 7) is 2.16. The van der Waals surface area contributed by atoms with E-state index in [1.165, 1.54) is 17.0 Å². The third kappa shape index (κ3) is 7.54. The number of benzene rings is 2. The lowest BCUT2D eigenvalue weighted by atomic mass is 10.1. The molecule has 0 heterocycles. The molecule has 1 amide bonds. The number of rotatable bonds is 11. The minimum absolute atomic E-state index is 0.0455. The Morgan fingerprint density at radius 2 is 1.90 bits per heavy atom. The van der Waals surface area contributed by atoms with E-state index in [0.717, 1.165) is 19.1 Å². The fraction of sp³-hybridized carbons (Fsp3) is 0.409. The molecule has 6 nitrogen and oxygen atoms in total. The molecular formula is C22H29ClN2O4S. The van der Waals surface area contributed by atoms with E-state index in [9.17, 15) is 13.2 Å². The molecule has 0 aliphatic heterocycles. The lowest BCUT2D eigenvalue weighted by molar-refractivity contribution is -0.121. The Kier molecular flexibility index (Phi) is 8.99. The average molecular weight is 453 g/mol. The molecule has 0 saturated carbocycles. The van der Waals surface area contributed by atoms with Crippen LogP contribution in [0.3, 0.4) is 0 Å². The molecule has 0 aromatic heterocycles. The number of nitrogens with one attached hydrogen (secondary N) is 1. The number of aryl methyl sites for hydroxylation is 1. The molecule has 0 saturated heterocycles. The van der Waals surface area contributed by atoms with Gasteiger partial charge in [0.2, 0.25) is 15.9 Å². The molecule has 2 rings (SSSR count). The highest BCUT2D eigenvalue weighted by Crippen LogP contribution is 2.30. The Labute approximate surface area is 184 Å². The maximum absolute atomic E-state index is 12.3. The van der Waals surface area contributed by atoms with Crippen molar-refractivity contribution >= 4 is 33.2 Å². The fourth-order valence-electron chi connectivity index (χ4n) is 3.13. The van der Waals surface area contributed by atoms with Crippen molar-refractivity contribution in [2.24, 2.45) is 0 Å². The molecule has 164 valence electrons. The molecule has 0 aliphatic rings. The number of sulfonamides is 1. The van der Waals surface area contributed by atoms with Gasteiger partial charge in [-0.1, -0.05) is 41.9 Å². The third-order valence-electron chi connectivity index (χ3n) is 4.70. The molecule has 8 heteroatoms. The van der Waals surface area contributed by atoms with Crippen LogP contribution >= 0.6 is 11.6 Å². The van der Waals surface area contributed by atoms with Gasteiger partial charge >= 0.3 is 0 Å². The van der Waals surface area contributed by atoms with Gasteiger partial charge in [0, 0.05) is 19.0 Å². The van der Waals surface area contributed by atoms with Crippen LogP contribution in [0, 0.1) is 0 Å². The van der Waals surface area contributed by atoms with E-state index in [1.54, 1.807) is 18.2 Å². The summed E-state index contributed by atoms with van der Waals surface area (Å²) in [5, 5.41) is 3.31. The van der Waals surface area contributed by atoms with E-state index >= 15 is 0 Å². The van der Waals surface area contributed by atoms with Gasteiger partial charge in [-0.05, 0) is 49.9 Å². The van der Waals surface area contributed by atoms with Crippen LogP contribution in [-0.2, 0) is 21.2 Å². The van der Waals surface area contributed by atoms with Crippen molar-refractivity contribution in [2.45, 2.75) is 38.6 Å². The van der Waals surface area contributed by atoms with Crippen molar-refractivity contribution in [2.75, 3.05) is 24.2 Å². The number of hydrogen-bond donors (Lipinski definition) is 1. The standard InChI is InChI=1S/C22H29ClN2O4S/c1-17(11-12-18-8-5-4-6-9-18)24-22(26)10-7-15-25(30(3,27)28)19-13-14-21(29-2)20(23)16-19/h4-6,8-9,13-14,16-17H,7,10-12,15H2,1-3H3,(H,24,26)/t17-/m0/s1. The van der Waals surface area contributed by atoms with Crippen molar-refractivity contribution in [3.63, 3.8) is 0 Å². The predicted octanol–water partition coefficient (Wildman–Crippen LogP) is 4.03. The molecule has 1 N–H and O–H groups in total. The number of hydrogen-bond acceptors (Lipinski definition) is 4. The smallest absolute Gasteiger partial charge is 0.232 e. The summed E-state index contributed by atoms with van der Waals surface area (Å²) in [6, 6.07) is 15.0. The lowest BCUT2D eigenvalue weighted by Gasteiger charge is -2.23. The van der Waals surface area contributed by atoms with E-state index in [4.69, 9.17) is 16.3 Å². The van der Waals surface area contributed by atoms with Crippen LogP contribution in [0.1, 0.15) is 31.7 Å². The quantitative estimate of drug-likeness (QED) is 0.558. The molecule has 30 heavy (non-hydrogen) atoms. The van der Waals surface area contributed by atoms with Crippen molar-refractivity contribution in [1.29, 1.82) is 0 Å². The number of methoxy groups -OCH3 is 1. The molecule has 2 aromatic rings. The molecule has 0 aliphatic carbocycles. The largest absolute Gasteiger partial charge is 0.495 e. The monoisotopic (exact) mass is 452 g/mol. The molecule has 0 unspecified atom stereocenters. The highest BCUT2D eigenvalue weighted by atomic mass is 35.5. The predicted molar refractivity (Wildman–Crippen MR) is 122 cm³/mol. The highest BCUT2D eigenvalue weighted by molar-refractivity contribution is 7.92. The van der Waals surface area contributed by atoms with Crippen LogP contribution in [0.2, 0.25) is 5.02 Å². The van der Waals surface area contributed by atoms with E-state index in [0.29, 0.717) is 22.9 Å². The van der Waals surface area contributed by atoms with Gasteiger partial charge in [-0.2, -0.15) is 0 Å². The second-order valence-electron chi connectivity index (χ2n) is 7.25. The zero-order valence-electron chi connectivity index (χ0n) is 17.6. The normalized spacial score (nSPS) is 12.3. The Hall–Kier alpha value is -2.25. The topological polar surface area (TPSA) is 75.7 Å². The molecule has 0 bridgehead atoms. The zero-order chi connectivity index (χ0) is 22.1. The molecule has 0 radical (unpaired) electrons. The summed E-state index contributed by atoms with van der Waals surface area (Å²) >= 11 is 6.13. The number of anilines is 1. The van der Waals surface area contributed by atoms with Crippen LogP contribution in [0.15, 0.2) is 48.5 Å². The summed E-state index contributed by atoms with van der Waals surface area (Å²) in [4.78, 5) is 12.3. The van der Waals surface area contributed by atoms with Gasteiger partial charge in [0.05, 0.1) is 24.1 Å². The molecule has 2 aromatic carbocycles. The second-order valence-corrected chi connectivity index (χ2v) is 9.56. The summed E-state index contributed by atoms with van der Waals surface area (Å²) < 4.78 is 30.8. The van der Waals surface area contributed by atoms with Crippen molar-refractivity contribution in [1.82, 2.24) is 5.32 Å². The van der Waals surface area contributed by atoms with Crippen molar-refractivity contribution in [3.05, 3.63) is 59.1 Å². The molecule has 0 spiro atoms. The van der Waals surface area contributed by atoms with Crippen LogP contribution in [0.4, 0.5) is 5.69 Å². The molecule has 1 atom stereocenters. The molecular weight excluding hydrogens is 424 g/mol. The summed E-state index contributed by atoms with van der Waals surface area (Å²) in [5.74, 6) is 0.384. The number of halogens is 1. The number of carbonyl (C=O) groups excluding carboxylic acids is 1. The highest BCUT2D eigenvalue weighted by Gasteiger charge is 2.19. The van der Waals surface area contributed by atoms with E-state index < -0.39 is 10.0 Å². The SMILES string of the molecule is COc1ccc(N(CCCC(=O)N[C@@H](C)CCc2ccccc2)S(C)(=O)=O)cc1Cl. The van der Waals surface area contributed by atoms with Gasteiger partial charge in [0.15, 0.2) is 0 Å². The minimum Gasteiger partial charge on any atom is -0.495 e. The van der Waals surface area contributed by atoms with E-state index in [1.807, 2.05) is 25.1 Å². The third-order valence-corrected chi connectivity index (χ3v) is 6.19. The first kappa shape index (κ1) is 24.0. The van der Waals surface area contributed by atoms with Gasteiger partial charge in [-0.3, -0.25) is 9.10 Å². The van der Waals surface area contributed by atoms with E-state index in [-0.39, 0.29) is 24.9 Å². The fourth-order valence-corrected chi connectivity index (χ4v) is 4.34. The average Bonchev–Trinajstić information content (AvgIpc) is 2.69. The maximum Gasteiger partial charge on any atom is 0.232 e. The van der Waals surface area contributed by atoms with Gasteiger partial charge in [0.25, 0.3) is 0 Å². The van der Waals surface area contributed by atoms with Crippen LogP contribution in [-0.4, -0.2) is 40.3 Å². The van der Waals surface area contributed by atoms with Crippen molar-refractivity contribution < 1.29 is 17.9 Å². The number of carbonyl (C=O) groups is 1. The maximum atomic E-state index is 12.3. The van der Waals surface area contributed by atoms with Crippen LogP contribution in [0.25, 0.3) is 0 Å². The zero-order valence-corrected chi connectivity index (χ0v) is 19.2. The van der Waals surface area contributed by atoms with Gasteiger partial charge in [-0.15, -0.1) is 0 Å². The van der Waals surface area contributed by atoms with Crippen LogP contribution in [0.5, 0.6) is 5.75 Å². The Balaban J connectivity index is 1.85. The minimum atomic E-state index is -3.51. The Morgan fingerprint density at radius 3 is 2.50 bits per heavy atom. The summed E-state index contributed by atoms with van der Waals surface area (Å²) in [5.41, 5.74) is 1.68. The number of ether oxygens (including phenoxy) is 1. The number of amides is 1. The second kappa shape index (κ2) is 11.2. The van der Waals surface area contributed by atoms with E-state index in [2.05, 4.69) is 17.4 Å². The Bertz CT molecular complexity index is 935. The molecule has 0 fully saturated rings. The Morgan fingerprint density at radius 1 is 1.20 bits per heavy atom. The summed E-state index contributed by atoms with van der Waals surface area (Å²) in [6.07, 6.45) is 3.51. The van der Waals surface area contributed by atoms with Gasteiger partial charge < -0.3 is 10.1 Å². The van der Waals surface area contributed by atoms with Gasteiger partial charge in [-0.25, -0.2) is 8.42 Å². The first-order valence-electron chi connectivity index (χ1n) is 9.85. The van der Waals surface area contributed by atoms with Gasteiger partial charge in [0.1, 0.15) is 5.75 Å². The lowest BCUT2D eigenvalue weighted by Crippen LogP contribution is -2.35. The van der Waals surface area contributed by atoms with Crippen LogP contribution < -0.4 is 14.4 Å². The number of nitrogens with zero attached hydrogens (tertiary/aromatic N) is 1.